The fourth-order valence-electron chi connectivity index (χ4n) is 1.19. The fraction of sp³-hybridized carbons (Fsp3) is 0.100. The topological polar surface area (TPSA) is 95.2 Å². The van der Waals surface area contributed by atoms with Crippen molar-refractivity contribution in [3.8, 4) is 17.8 Å². The van der Waals surface area contributed by atoms with E-state index in [2.05, 4.69) is 36.3 Å². The SMILES string of the molecule is COc1nc(NN)nc(Oc2cc(Br)ccc2Cl)n1. The summed E-state index contributed by atoms with van der Waals surface area (Å²) in [5.74, 6) is 5.76. The molecule has 19 heavy (non-hydrogen) atoms. The van der Waals surface area contributed by atoms with Crippen molar-refractivity contribution < 1.29 is 9.47 Å². The molecule has 9 heteroatoms. The molecule has 0 spiro atoms. The smallest absolute Gasteiger partial charge is 0.330 e. The molecule has 2 rings (SSSR count). The number of halogens is 2. The average Bonchev–Trinajstić information content (AvgIpc) is 2.42. The molecule has 1 aromatic heterocycles. The summed E-state index contributed by atoms with van der Waals surface area (Å²) >= 11 is 9.32. The van der Waals surface area contributed by atoms with Crippen LogP contribution in [0.4, 0.5) is 5.95 Å². The lowest BCUT2D eigenvalue weighted by Crippen LogP contribution is -2.12. The quantitative estimate of drug-likeness (QED) is 0.648. The van der Waals surface area contributed by atoms with Crippen molar-refractivity contribution in [2.75, 3.05) is 12.5 Å². The highest BCUT2D eigenvalue weighted by Crippen LogP contribution is 2.31. The van der Waals surface area contributed by atoms with Crippen LogP contribution < -0.4 is 20.7 Å². The minimum absolute atomic E-state index is 0.0137. The van der Waals surface area contributed by atoms with Gasteiger partial charge in [0.15, 0.2) is 5.75 Å². The first-order valence-electron chi connectivity index (χ1n) is 5.02. The molecular formula is C10H9BrClN5O2. The van der Waals surface area contributed by atoms with Crippen LogP contribution in [0.3, 0.4) is 0 Å². The van der Waals surface area contributed by atoms with E-state index in [1.165, 1.54) is 7.11 Å². The molecule has 0 aliphatic rings. The summed E-state index contributed by atoms with van der Waals surface area (Å²) in [6.45, 7) is 0. The summed E-state index contributed by atoms with van der Waals surface area (Å²) in [5, 5.41) is 0.421. The molecule has 7 nitrogen and oxygen atoms in total. The van der Waals surface area contributed by atoms with E-state index in [1.807, 2.05) is 0 Å². The predicted molar refractivity (Wildman–Crippen MR) is 73.4 cm³/mol. The van der Waals surface area contributed by atoms with Gasteiger partial charge in [0.25, 0.3) is 0 Å². The monoisotopic (exact) mass is 345 g/mol. The van der Waals surface area contributed by atoms with Crippen molar-refractivity contribution in [1.29, 1.82) is 0 Å². The number of hydrogen-bond donors (Lipinski definition) is 2. The molecule has 0 saturated heterocycles. The summed E-state index contributed by atoms with van der Waals surface area (Å²) < 4.78 is 11.2. The van der Waals surface area contributed by atoms with Gasteiger partial charge in [-0.1, -0.05) is 27.5 Å². The number of benzene rings is 1. The fourth-order valence-corrected chi connectivity index (χ4v) is 1.69. The first-order chi connectivity index (χ1) is 9.12. The second kappa shape index (κ2) is 6.00. The van der Waals surface area contributed by atoms with Crippen molar-refractivity contribution in [2.45, 2.75) is 0 Å². The van der Waals surface area contributed by atoms with Crippen molar-refractivity contribution in [2.24, 2.45) is 5.84 Å². The normalized spacial score (nSPS) is 10.1. The van der Waals surface area contributed by atoms with Crippen LogP contribution in [0.1, 0.15) is 0 Å². The van der Waals surface area contributed by atoms with E-state index in [4.69, 9.17) is 26.9 Å². The third-order valence-corrected chi connectivity index (χ3v) is 2.81. The van der Waals surface area contributed by atoms with Gasteiger partial charge in [-0.2, -0.15) is 9.97 Å². The number of nitrogens with zero attached hydrogens (tertiary/aromatic N) is 3. The number of nitrogen functional groups attached to an aromatic ring is 1. The van der Waals surface area contributed by atoms with Crippen LogP contribution in [0.5, 0.6) is 17.8 Å². The number of anilines is 1. The number of methoxy groups -OCH3 is 1. The van der Waals surface area contributed by atoms with Crippen LogP contribution in [0.25, 0.3) is 0 Å². The second-order valence-electron chi connectivity index (χ2n) is 3.25. The van der Waals surface area contributed by atoms with Gasteiger partial charge in [0.05, 0.1) is 12.1 Å². The molecule has 1 aromatic carbocycles. The Hall–Kier alpha value is -1.64. The Kier molecular flexibility index (Phi) is 4.35. The highest BCUT2D eigenvalue weighted by Gasteiger charge is 2.10. The van der Waals surface area contributed by atoms with Crippen LogP contribution in [-0.4, -0.2) is 22.1 Å². The van der Waals surface area contributed by atoms with Crippen LogP contribution >= 0.6 is 27.5 Å². The highest BCUT2D eigenvalue weighted by atomic mass is 79.9. The Morgan fingerprint density at radius 2 is 2.00 bits per heavy atom. The maximum absolute atomic E-state index is 6.00. The van der Waals surface area contributed by atoms with Gasteiger partial charge in [0.2, 0.25) is 5.95 Å². The van der Waals surface area contributed by atoms with Crippen LogP contribution in [0, 0.1) is 0 Å². The van der Waals surface area contributed by atoms with Gasteiger partial charge >= 0.3 is 12.0 Å². The number of hydrogen-bond acceptors (Lipinski definition) is 7. The zero-order valence-corrected chi connectivity index (χ0v) is 12.1. The Bertz CT molecular complexity index is 576. The summed E-state index contributed by atoms with van der Waals surface area (Å²) in [5.41, 5.74) is 2.29. The Morgan fingerprint density at radius 1 is 1.26 bits per heavy atom. The second-order valence-corrected chi connectivity index (χ2v) is 4.57. The minimum Gasteiger partial charge on any atom is -0.467 e. The summed E-state index contributed by atoms with van der Waals surface area (Å²) in [7, 11) is 1.42. The predicted octanol–water partition coefficient (Wildman–Crippen LogP) is 2.37. The minimum atomic E-state index is 0.0137. The molecule has 0 fully saturated rings. The van der Waals surface area contributed by atoms with Gasteiger partial charge in [0, 0.05) is 4.47 Å². The standard InChI is InChI=1S/C10H9BrClN5O2/c1-18-9-14-8(17-13)15-10(16-9)19-7-4-5(11)2-3-6(7)12/h2-4H,13H2,1H3,(H,14,15,16,17). The van der Waals surface area contributed by atoms with E-state index >= 15 is 0 Å². The van der Waals surface area contributed by atoms with E-state index in [1.54, 1.807) is 18.2 Å². The third kappa shape index (κ3) is 3.43. The van der Waals surface area contributed by atoms with E-state index < -0.39 is 0 Å². The molecule has 2 aromatic rings. The summed E-state index contributed by atoms with van der Waals surface area (Å²) in [6, 6.07) is 5.25. The number of hydrazine groups is 1. The number of nitrogens with one attached hydrogen (secondary N) is 1. The van der Waals surface area contributed by atoms with Gasteiger partial charge in [-0.15, -0.1) is 4.98 Å². The Balaban J connectivity index is 2.34. The first-order valence-corrected chi connectivity index (χ1v) is 6.19. The maximum atomic E-state index is 6.00. The largest absolute Gasteiger partial charge is 0.467 e. The lowest BCUT2D eigenvalue weighted by Gasteiger charge is -2.08. The third-order valence-electron chi connectivity index (χ3n) is 2.00. The molecule has 0 saturated carbocycles. The summed E-state index contributed by atoms with van der Waals surface area (Å²) in [6.07, 6.45) is 0. The molecule has 0 atom stereocenters. The van der Waals surface area contributed by atoms with E-state index in [9.17, 15) is 0 Å². The maximum Gasteiger partial charge on any atom is 0.330 e. The lowest BCUT2D eigenvalue weighted by atomic mass is 10.3. The molecule has 0 radical (unpaired) electrons. The van der Waals surface area contributed by atoms with Crippen LogP contribution in [0.2, 0.25) is 5.02 Å². The number of aromatic nitrogens is 3. The molecule has 1 heterocycles. The number of nitrogens with two attached hydrogens (primary N) is 1. The zero-order chi connectivity index (χ0) is 13.8. The zero-order valence-electron chi connectivity index (χ0n) is 9.72. The summed E-state index contributed by atoms with van der Waals surface area (Å²) in [4.78, 5) is 11.7. The van der Waals surface area contributed by atoms with Crippen molar-refractivity contribution >= 4 is 33.5 Å². The van der Waals surface area contributed by atoms with E-state index in [-0.39, 0.29) is 18.0 Å². The molecule has 100 valence electrons. The molecule has 0 unspecified atom stereocenters. The van der Waals surface area contributed by atoms with Crippen molar-refractivity contribution in [1.82, 2.24) is 15.0 Å². The van der Waals surface area contributed by atoms with Crippen molar-refractivity contribution in [3.63, 3.8) is 0 Å². The molecule has 0 bridgehead atoms. The van der Waals surface area contributed by atoms with E-state index in [0.29, 0.717) is 10.8 Å². The van der Waals surface area contributed by atoms with Gasteiger partial charge in [0.1, 0.15) is 0 Å². The van der Waals surface area contributed by atoms with Crippen LogP contribution in [0.15, 0.2) is 22.7 Å². The Morgan fingerprint density at radius 3 is 2.68 bits per heavy atom. The average molecular weight is 347 g/mol. The Labute approximate surface area is 122 Å². The first kappa shape index (κ1) is 13.8. The van der Waals surface area contributed by atoms with Gasteiger partial charge in [-0.3, -0.25) is 5.43 Å². The van der Waals surface area contributed by atoms with Gasteiger partial charge < -0.3 is 9.47 Å². The highest BCUT2D eigenvalue weighted by molar-refractivity contribution is 9.10. The van der Waals surface area contributed by atoms with Gasteiger partial charge in [-0.05, 0) is 18.2 Å². The van der Waals surface area contributed by atoms with E-state index in [0.717, 1.165) is 4.47 Å². The number of ether oxygens (including phenoxy) is 2. The molecular weight excluding hydrogens is 338 g/mol. The number of rotatable bonds is 4. The lowest BCUT2D eigenvalue weighted by molar-refractivity contribution is 0.360. The van der Waals surface area contributed by atoms with Crippen molar-refractivity contribution in [3.05, 3.63) is 27.7 Å². The van der Waals surface area contributed by atoms with Gasteiger partial charge in [-0.25, -0.2) is 5.84 Å². The molecule has 3 N–H and O–H groups in total. The molecule has 0 aliphatic carbocycles. The molecule has 0 amide bonds. The van der Waals surface area contributed by atoms with Crippen LogP contribution in [-0.2, 0) is 0 Å². The molecule has 0 aliphatic heterocycles.